The summed E-state index contributed by atoms with van der Waals surface area (Å²) in [4.78, 5) is 4.62. The van der Waals surface area contributed by atoms with E-state index in [0.29, 0.717) is 0 Å². The van der Waals surface area contributed by atoms with Crippen molar-refractivity contribution in [3.05, 3.63) is 41.6 Å². The lowest BCUT2D eigenvalue weighted by Gasteiger charge is -1.94. The molecule has 3 rings (SSSR count). The Kier molecular flexibility index (Phi) is 1.80. The molecule has 2 heteroatoms. The summed E-state index contributed by atoms with van der Waals surface area (Å²) in [5, 5.41) is 1.29. The van der Waals surface area contributed by atoms with Crippen LogP contribution in [0.5, 0.6) is 0 Å². The maximum absolute atomic E-state index is 4.62. The fourth-order valence-electron chi connectivity index (χ4n) is 1.86. The van der Waals surface area contributed by atoms with Crippen molar-refractivity contribution in [2.45, 2.75) is 13.8 Å². The summed E-state index contributed by atoms with van der Waals surface area (Å²) >= 11 is 1.82. The lowest BCUT2D eigenvalue weighted by Crippen LogP contribution is -1.79. The Balaban J connectivity index is 2.55. The van der Waals surface area contributed by atoms with Gasteiger partial charge in [0.2, 0.25) is 0 Å². The van der Waals surface area contributed by atoms with Gasteiger partial charge in [-0.25, -0.2) is 0 Å². The molecule has 3 aromatic rings. The molecule has 0 saturated heterocycles. The lowest BCUT2D eigenvalue weighted by atomic mass is 10.1. The van der Waals surface area contributed by atoms with Gasteiger partial charge in [0.1, 0.15) is 0 Å². The maximum atomic E-state index is 4.62. The average molecular weight is 213 g/mol. The van der Waals surface area contributed by atoms with Gasteiger partial charge in [0, 0.05) is 15.8 Å². The van der Waals surface area contributed by atoms with Crippen molar-refractivity contribution in [3.63, 3.8) is 0 Å². The van der Waals surface area contributed by atoms with Gasteiger partial charge in [-0.15, -0.1) is 11.3 Å². The van der Waals surface area contributed by atoms with Gasteiger partial charge in [0.15, 0.2) is 0 Å². The van der Waals surface area contributed by atoms with E-state index in [0.717, 1.165) is 11.2 Å². The SMILES string of the molecule is Cc1ccc2sc3ccc(C)nc3c2c1. The Hall–Kier alpha value is -1.41. The average Bonchev–Trinajstić information content (AvgIpc) is 2.56. The van der Waals surface area contributed by atoms with Gasteiger partial charge in [-0.05, 0) is 38.1 Å². The van der Waals surface area contributed by atoms with Gasteiger partial charge in [0.05, 0.1) is 10.2 Å². The smallest absolute Gasteiger partial charge is 0.0891 e. The molecule has 0 atom stereocenters. The van der Waals surface area contributed by atoms with E-state index in [1.54, 1.807) is 0 Å². The number of thiophene rings is 1. The number of hydrogen-bond acceptors (Lipinski definition) is 2. The van der Waals surface area contributed by atoms with Crippen molar-refractivity contribution in [1.82, 2.24) is 4.98 Å². The maximum Gasteiger partial charge on any atom is 0.0891 e. The molecule has 0 aliphatic heterocycles. The third-order valence-electron chi connectivity index (χ3n) is 2.61. The quantitative estimate of drug-likeness (QED) is 0.548. The van der Waals surface area contributed by atoms with E-state index in [1.165, 1.54) is 20.3 Å². The zero-order valence-corrected chi connectivity index (χ0v) is 9.56. The van der Waals surface area contributed by atoms with E-state index in [2.05, 4.69) is 42.2 Å². The molecule has 0 aliphatic rings. The second kappa shape index (κ2) is 3.04. The highest BCUT2D eigenvalue weighted by Crippen LogP contribution is 2.32. The zero-order valence-electron chi connectivity index (χ0n) is 8.74. The van der Waals surface area contributed by atoms with Crippen molar-refractivity contribution >= 4 is 31.6 Å². The fourth-order valence-corrected chi connectivity index (χ4v) is 2.88. The van der Waals surface area contributed by atoms with Gasteiger partial charge in [-0.1, -0.05) is 11.6 Å². The Bertz CT molecular complexity index is 596. The molecule has 0 N–H and O–H groups in total. The van der Waals surface area contributed by atoms with Crippen LogP contribution in [0.3, 0.4) is 0 Å². The Labute approximate surface area is 92.4 Å². The van der Waals surface area contributed by atoms with Crippen LogP contribution in [0.25, 0.3) is 20.3 Å². The van der Waals surface area contributed by atoms with Crippen LogP contribution in [-0.2, 0) is 0 Å². The molecule has 1 aromatic carbocycles. The molecule has 0 unspecified atom stereocenters. The molecular weight excluding hydrogens is 202 g/mol. The summed E-state index contributed by atoms with van der Waals surface area (Å²) in [6.07, 6.45) is 0. The van der Waals surface area contributed by atoms with Crippen LogP contribution < -0.4 is 0 Å². The summed E-state index contributed by atoms with van der Waals surface area (Å²) in [7, 11) is 0. The number of hydrogen-bond donors (Lipinski definition) is 0. The summed E-state index contributed by atoms with van der Waals surface area (Å²) < 4.78 is 2.61. The molecular formula is C13H11NS. The van der Waals surface area contributed by atoms with Gasteiger partial charge < -0.3 is 0 Å². The van der Waals surface area contributed by atoms with Crippen LogP contribution in [0, 0.1) is 13.8 Å². The monoisotopic (exact) mass is 213 g/mol. The number of aromatic nitrogens is 1. The summed E-state index contributed by atoms with van der Waals surface area (Å²) in [5.41, 5.74) is 3.54. The normalized spacial score (nSPS) is 11.3. The van der Waals surface area contributed by atoms with Gasteiger partial charge in [-0.2, -0.15) is 0 Å². The Morgan fingerprint density at radius 1 is 1.00 bits per heavy atom. The first-order valence-electron chi connectivity index (χ1n) is 5.00. The summed E-state index contributed by atoms with van der Waals surface area (Å²) in [6, 6.07) is 10.8. The largest absolute Gasteiger partial charge is 0.252 e. The fraction of sp³-hybridized carbons (Fsp3) is 0.154. The van der Waals surface area contributed by atoms with Crippen LogP contribution in [0.4, 0.5) is 0 Å². The molecule has 15 heavy (non-hydrogen) atoms. The number of fused-ring (bicyclic) bond motifs is 3. The second-order valence-electron chi connectivity index (χ2n) is 3.90. The van der Waals surface area contributed by atoms with Crippen LogP contribution in [0.1, 0.15) is 11.3 Å². The highest BCUT2D eigenvalue weighted by atomic mass is 32.1. The molecule has 0 fully saturated rings. The topological polar surface area (TPSA) is 12.9 Å². The predicted octanol–water partition coefficient (Wildman–Crippen LogP) is 4.07. The van der Waals surface area contributed by atoms with E-state index >= 15 is 0 Å². The standard InChI is InChI=1S/C13H11NS/c1-8-3-5-11-10(7-8)13-12(15-11)6-4-9(2)14-13/h3-7H,1-2H3. The van der Waals surface area contributed by atoms with E-state index < -0.39 is 0 Å². The minimum absolute atomic E-state index is 1.09. The van der Waals surface area contributed by atoms with E-state index in [4.69, 9.17) is 0 Å². The zero-order chi connectivity index (χ0) is 10.4. The number of nitrogens with zero attached hydrogens (tertiary/aromatic N) is 1. The molecule has 0 saturated carbocycles. The molecule has 2 aromatic heterocycles. The number of aryl methyl sites for hydroxylation is 2. The molecule has 0 bridgehead atoms. The first-order chi connectivity index (χ1) is 7.24. The molecule has 0 amide bonds. The van der Waals surface area contributed by atoms with Gasteiger partial charge >= 0.3 is 0 Å². The molecule has 2 heterocycles. The molecule has 1 nitrogen and oxygen atoms in total. The molecule has 74 valence electrons. The van der Waals surface area contributed by atoms with Crippen molar-refractivity contribution in [2.75, 3.05) is 0 Å². The van der Waals surface area contributed by atoms with Crippen LogP contribution >= 0.6 is 11.3 Å². The predicted molar refractivity (Wildman–Crippen MR) is 66.6 cm³/mol. The van der Waals surface area contributed by atoms with Crippen molar-refractivity contribution in [1.29, 1.82) is 0 Å². The minimum Gasteiger partial charge on any atom is -0.252 e. The van der Waals surface area contributed by atoms with Gasteiger partial charge in [0.25, 0.3) is 0 Å². The second-order valence-corrected chi connectivity index (χ2v) is 4.98. The summed E-state index contributed by atoms with van der Waals surface area (Å²) in [5.74, 6) is 0. The van der Waals surface area contributed by atoms with E-state index in [1.807, 2.05) is 18.3 Å². The Morgan fingerprint density at radius 3 is 2.67 bits per heavy atom. The number of pyridine rings is 1. The highest BCUT2D eigenvalue weighted by molar-refractivity contribution is 7.25. The number of rotatable bonds is 0. The van der Waals surface area contributed by atoms with Crippen LogP contribution in [-0.4, -0.2) is 4.98 Å². The molecule has 0 radical (unpaired) electrons. The highest BCUT2D eigenvalue weighted by Gasteiger charge is 2.05. The minimum atomic E-state index is 1.09. The first kappa shape index (κ1) is 8.86. The molecule has 0 aliphatic carbocycles. The molecule has 0 spiro atoms. The third kappa shape index (κ3) is 1.33. The number of benzene rings is 1. The van der Waals surface area contributed by atoms with Gasteiger partial charge in [-0.3, -0.25) is 4.98 Å². The lowest BCUT2D eigenvalue weighted by molar-refractivity contribution is 1.27. The van der Waals surface area contributed by atoms with Crippen molar-refractivity contribution < 1.29 is 0 Å². The van der Waals surface area contributed by atoms with Crippen molar-refractivity contribution in [3.8, 4) is 0 Å². The van der Waals surface area contributed by atoms with Crippen LogP contribution in [0.2, 0.25) is 0 Å². The van der Waals surface area contributed by atoms with E-state index in [9.17, 15) is 0 Å². The Morgan fingerprint density at radius 2 is 1.80 bits per heavy atom. The van der Waals surface area contributed by atoms with Crippen LogP contribution in [0.15, 0.2) is 30.3 Å². The summed E-state index contributed by atoms with van der Waals surface area (Å²) in [6.45, 7) is 4.16. The van der Waals surface area contributed by atoms with E-state index in [-0.39, 0.29) is 0 Å². The third-order valence-corrected chi connectivity index (χ3v) is 3.73. The van der Waals surface area contributed by atoms with Crippen molar-refractivity contribution in [2.24, 2.45) is 0 Å². The first-order valence-corrected chi connectivity index (χ1v) is 5.82.